The van der Waals surface area contributed by atoms with Gasteiger partial charge in [-0.1, -0.05) is 0 Å². The van der Waals surface area contributed by atoms with Crippen molar-refractivity contribution in [2.75, 3.05) is 20.1 Å². The number of rotatable bonds is 3. The Labute approximate surface area is 115 Å². The number of aromatic nitrogens is 2. The van der Waals surface area contributed by atoms with Crippen molar-refractivity contribution in [3.63, 3.8) is 0 Å². The maximum absolute atomic E-state index is 12.0. The molecule has 1 amide bonds. The van der Waals surface area contributed by atoms with E-state index in [2.05, 4.69) is 28.4 Å². The Morgan fingerprint density at radius 2 is 2.32 bits per heavy atom. The lowest BCUT2D eigenvalue weighted by Crippen LogP contribution is -2.49. The average molecular weight is 264 g/mol. The van der Waals surface area contributed by atoms with Gasteiger partial charge in [0.05, 0.1) is 11.1 Å². The molecule has 0 bridgehead atoms. The number of hydrogen-bond donors (Lipinski definition) is 1. The van der Waals surface area contributed by atoms with Crippen LogP contribution in [0, 0.1) is 12.3 Å². The summed E-state index contributed by atoms with van der Waals surface area (Å²) in [5, 5.41) is 7.17. The van der Waals surface area contributed by atoms with Gasteiger partial charge in [-0.15, -0.1) is 0 Å². The van der Waals surface area contributed by atoms with Crippen LogP contribution in [-0.4, -0.2) is 40.7 Å². The zero-order valence-electron chi connectivity index (χ0n) is 12.4. The normalized spacial score (nSPS) is 24.4. The zero-order valence-corrected chi connectivity index (χ0v) is 12.4. The summed E-state index contributed by atoms with van der Waals surface area (Å²) in [6, 6.07) is 0. The van der Waals surface area contributed by atoms with Crippen LogP contribution in [0.3, 0.4) is 0 Å². The van der Waals surface area contributed by atoms with Crippen LogP contribution < -0.4 is 5.32 Å². The van der Waals surface area contributed by atoms with E-state index in [1.807, 2.05) is 18.7 Å². The predicted octanol–water partition coefficient (Wildman–Crippen LogP) is 1.08. The van der Waals surface area contributed by atoms with Crippen molar-refractivity contribution in [3.8, 4) is 0 Å². The number of nitrogens with one attached hydrogen (secondary N) is 1. The fraction of sp³-hybridized carbons (Fsp3) is 0.714. The zero-order chi connectivity index (χ0) is 14.0. The molecule has 0 saturated carbocycles. The Hall–Kier alpha value is -1.36. The molecule has 106 valence electrons. The van der Waals surface area contributed by atoms with Crippen LogP contribution in [0.2, 0.25) is 0 Å². The van der Waals surface area contributed by atoms with E-state index in [4.69, 9.17) is 0 Å². The molecule has 1 aromatic rings. The Morgan fingerprint density at radius 3 is 2.89 bits per heavy atom. The number of carbonyl (C=O) groups excluding carboxylic acids is 1. The first kappa shape index (κ1) is 14.1. The van der Waals surface area contributed by atoms with Gasteiger partial charge in [-0.3, -0.25) is 14.4 Å². The molecule has 0 radical (unpaired) electrons. The Bertz CT molecular complexity index is 468. The van der Waals surface area contributed by atoms with E-state index in [1.54, 1.807) is 7.05 Å². The molecule has 1 aromatic heterocycles. The van der Waals surface area contributed by atoms with E-state index < -0.39 is 0 Å². The van der Waals surface area contributed by atoms with E-state index in [-0.39, 0.29) is 11.3 Å². The fourth-order valence-corrected chi connectivity index (χ4v) is 3.01. The number of amides is 1. The number of piperidine rings is 1. The van der Waals surface area contributed by atoms with Crippen LogP contribution in [0.4, 0.5) is 0 Å². The molecule has 1 fully saturated rings. The van der Waals surface area contributed by atoms with Crippen LogP contribution in [0.15, 0.2) is 6.20 Å². The number of likely N-dealkylation sites (tertiary alicyclic amines) is 1. The van der Waals surface area contributed by atoms with Gasteiger partial charge in [0.1, 0.15) is 0 Å². The van der Waals surface area contributed by atoms with Gasteiger partial charge in [-0.05, 0) is 33.2 Å². The molecule has 1 atom stereocenters. The first-order valence-electron chi connectivity index (χ1n) is 6.88. The molecule has 5 heteroatoms. The standard InChI is InChI=1S/C14H24N4O/c1-11-12(8-17(4)16-11)9-18-7-5-6-14(2,10-18)13(19)15-3/h8H,5-7,9-10H2,1-4H3,(H,15,19)/t14-/m1/s1. The number of aryl methyl sites for hydroxylation is 2. The SMILES string of the molecule is CNC(=O)[C@]1(C)CCCN(Cc2cn(C)nc2C)C1. The molecule has 2 rings (SSSR count). The van der Waals surface area contributed by atoms with Gasteiger partial charge in [0.2, 0.25) is 5.91 Å². The molecule has 0 aromatic carbocycles. The van der Waals surface area contributed by atoms with E-state index in [9.17, 15) is 4.79 Å². The van der Waals surface area contributed by atoms with E-state index >= 15 is 0 Å². The molecule has 19 heavy (non-hydrogen) atoms. The summed E-state index contributed by atoms with van der Waals surface area (Å²) in [6.45, 7) is 6.86. The van der Waals surface area contributed by atoms with Crippen molar-refractivity contribution in [1.82, 2.24) is 20.0 Å². The van der Waals surface area contributed by atoms with Crippen LogP contribution >= 0.6 is 0 Å². The van der Waals surface area contributed by atoms with Gasteiger partial charge in [-0.25, -0.2) is 0 Å². The summed E-state index contributed by atoms with van der Waals surface area (Å²) < 4.78 is 1.85. The highest BCUT2D eigenvalue weighted by Crippen LogP contribution is 2.30. The van der Waals surface area contributed by atoms with Gasteiger partial charge in [0.15, 0.2) is 0 Å². The van der Waals surface area contributed by atoms with Crippen molar-refractivity contribution >= 4 is 5.91 Å². The molecule has 1 aliphatic rings. The van der Waals surface area contributed by atoms with Crippen LogP contribution in [0.1, 0.15) is 31.0 Å². The van der Waals surface area contributed by atoms with Gasteiger partial charge < -0.3 is 5.32 Å². The summed E-state index contributed by atoms with van der Waals surface area (Å²) in [5.41, 5.74) is 2.07. The second kappa shape index (κ2) is 5.33. The summed E-state index contributed by atoms with van der Waals surface area (Å²) in [4.78, 5) is 14.4. The lowest BCUT2D eigenvalue weighted by molar-refractivity contribution is -0.132. The smallest absolute Gasteiger partial charge is 0.226 e. The number of nitrogens with zero attached hydrogens (tertiary/aromatic N) is 3. The first-order chi connectivity index (χ1) is 8.94. The van der Waals surface area contributed by atoms with Gasteiger partial charge in [0, 0.05) is 38.9 Å². The third-order valence-electron chi connectivity index (χ3n) is 4.06. The van der Waals surface area contributed by atoms with Gasteiger partial charge >= 0.3 is 0 Å². The molecular weight excluding hydrogens is 240 g/mol. The maximum atomic E-state index is 12.0. The molecule has 5 nitrogen and oxygen atoms in total. The molecule has 1 saturated heterocycles. The lowest BCUT2D eigenvalue weighted by atomic mass is 9.81. The van der Waals surface area contributed by atoms with Crippen molar-refractivity contribution in [2.45, 2.75) is 33.2 Å². The lowest BCUT2D eigenvalue weighted by Gasteiger charge is -2.39. The molecular formula is C14H24N4O. The highest BCUT2D eigenvalue weighted by atomic mass is 16.2. The summed E-state index contributed by atoms with van der Waals surface area (Å²) in [7, 11) is 3.67. The highest BCUT2D eigenvalue weighted by molar-refractivity contribution is 5.82. The maximum Gasteiger partial charge on any atom is 0.226 e. The summed E-state index contributed by atoms with van der Waals surface area (Å²) in [6.07, 6.45) is 4.11. The molecule has 1 aliphatic heterocycles. The molecule has 0 spiro atoms. The van der Waals surface area contributed by atoms with E-state index in [0.717, 1.165) is 38.2 Å². The van der Waals surface area contributed by atoms with Crippen LogP contribution in [0.25, 0.3) is 0 Å². The predicted molar refractivity (Wildman–Crippen MR) is 74.6 cm³/mol. The second-order valence-electron chi connectivity index (χ2n) is 5.87. The number of hydrogen-bond acceptors (Lipinski definition) is 3. The van der Waals surface area contributed by atoms with Crippen LogP contribution in [-0.2, 0) is 18.4 Å². The minimum Gasteiger partial charge on any atom is -0.359 e. The minimum absolute atomic E-state index is 0.153. The Morgan fingerprint density at radius 1 is 1.58 bits per heavy atom. The first-order valence-corrected chi connectivity index (χ1v) is 6.88. The summed E-state index contributed by atoms with van der Waals surface area (Å²) in [5.74, 6) is 0.153. The van der Waals surface area contributed by atoms with E-state index in [1.165, 1.54) is 5.56 Å². The number of carbonyl (C=O) groups is 1. The van der Waals surface area contributed by atoms with E-state index in [0.29, 0.717) is 0 Å². The largest absolute Gasteiger partial charge is 0.359 e. The van der Waals surface area contributed by atoms with Crippen molar-refractivity contribution < 1.29 is 4.79 Å². The Kier molecular flexibility index (Phi) is 3.94. The molecule has 0 unspecified atom stereocenters. The quantitative estimate of drug-likeness (QED) is 0.888. The van der Waals surface area contributed by atoms with Gasteiger partial charge in [-0.2, -0.15) is 5.10 Å². The van der Waals surface area contributed by atoms with Crippen LogP contribution in [0.5, 0.6) is 0 Å². The van der Waals surface area contributed by atoms with Crippen molar-refractivity contribution in [1.29, 1.82) is 0 Å². The monoisotopic (exact) mass is 264 g/mol. The fourth-order valence-electron chi connectivity index (χ4n) is 3.01. The topological polar surface area (TPSA) is 50.2 Å². The average Bonchev–Trinajstić information content (AvgIpc) is 2.67. The molecule has 1 N–H and O–H groups in total. The van der Waals surface area contributed by atoms with Crippen molar-refractivity contribution in [3.05, 3.63) is 17.5 Å². The molecule has 0 aliphatic carbocycles. The highest BCUT2D eigenvalue weighted by Gasteiger charge is 2.37. The second-order valence-corrected chi connectivity index (χ2v) is 5.87. The summed E-state index contributed by atoms with van der Waals surface area (Å²) >= 11 is 0. The Balaban J connectivity index is 2.06. The molecule has 2 heterocycles. The third-order valence-corrected chi connectivity index (χ3v) is 4.06. The minimum atomic E-state index is -0.261. The van der Waals surface area contributed by atoms with Gasteiger partial charge in [0.25, 0.3) is 0 Å². The third kappa shape index (κ3) is 2.97. The van der Waals surface area contributed by atoms with Crippen molar-refractivity contribution in [2.24, 2.45) is 12.5 Å².